The van der Waals surface area contributed by atoms with E-state index in [1.54, 1.807) is 24.3 Å². The quantitative estimate of drug-likeness (QED) is 0.393. The minimum atomic E-state index is -0.486. The van der Waals surface area contributed by atoms with Gasteiger partial charge in [0.25, 0.3) is 0 Å². The van der Waals surface area contributed by atoms with E-state index in [0.717, 1.165) is 5.56 Å². The molecule has 0 aliphatic carbocycles. The van der Waals surface area contributed by atoms with Crippen LogP contribution >= 0.6 is 0 Å². The summed E-state index contributed by atoms with van der Waals surface area (Å²) in [5, 5.41) is 12.8. The number of hydrogen-bond acceptors (Lipinski definition) is 2. The van der Waals surface area contributed by atoms with Gasteiger partial charge in [0, 0.05) is 5.69 Å². The van der Waals surface area contributed by atoms with Crippen LogP contribution in [0.3, 0.4) is 0 Å². The van der Waals surface area contributed by atoms with Crippen LogP contribution in [-0.4, -0.2) is 12.6 Å². The first-order chi connectivity index (χ1) is 7.26. The van der Waals surface area contributed by atoms with Crippen LogP contribution in [0.5, 0.6) is 0 Å². The van der Waals surface area contributed by atoms with Crippen LogP contribution in [0.25, 0.3) is 6.08 Å². The van der Waals surface area contributed by atoms with Crippen molar-refractivity contribution in [2.45, 2.75) is 0 Å². The van der Waals surface area contributed by atoms with Crippen LogP contribution in [0.2, 0.25) is 0 Å². The van der Waals surface area contributed by atoms with E-state index in [-0.39, 0.29) is 6.61 Å². The van der Waals surface area contributed by atoms with E-state index in [2.05, 4.69) is 5.32 Å². The predicted molar refractivity (Wildman–Crippen MR) is 57.4 cm³/mol. The number of carbonyl (C=O) groups excluding carboxylic acids is 1. The molecular weight excluding hydrogens is 194 g/mol. The largest absolute Gasteiger partial charge is 0.333 e. The number of urea groups is 1. The Morgan fingerprint density at radius 2 is 2.27 bits per heavy atom. The normalized spacial score (nSPS) is 10.3. The van der Waals surface area contributed by atoms with Crippen molar-refractivity contribution in [2.24, 2.45) is 5.84 Å². The predicted octanol–water partition coefficient (Wildman–Crippen LogP) is 1.13. The van der Waals surface area contributed by atoms with Crippen molar-refractivity contribution in [3.05, 3.63) is 35.9 Å². The average Bonchev–Trinajstić information content (AvgIpc) is 2.26. The fourth-order valence-corrected chi connectivity index (χ4v) is 1.07. The number of anilines is 1. The minimum absolute atomic E-state index is 0.263. The standard InChI is InChI=1S/C10H12N3O2/c11-13-10(15)12-9-5-1-3-8(7-9)4-2-6-14/h1-5,7H,6,11H2,(H2,12,13,15)/b4-2+. The zero-order valence-electron chi connectivity index (χ0n) is 8.07. The SMILES string of the molecule is NNC(=O)Nc1cccc(/C=C/C[O])c1. The molecule has 79 valence electrons. The van der Waals surface area contributed by atoms with Gasteiger partial charge in [-0.3, -0.25) is 5.43 Å². The lowest BCUT2D eigenvalue weighted by Crippen LogP contribution is -2.34. The molecule has 0 fully saturated rings. The van der Waals surface area contributed by atoms with Gasteiger partial charge in [0.05, 0.1) is 0 Å². The maximum Gasteiger partial charge on any atom is 0.333 e. The Kier molecular flexibility index (Phi) is 4.33. The Balaban J connectivity index is 2.74. The van der Waals surface area contributed by atoms with E-state index in [1.165, 1.54) is 6.08 Å². The van der Waals surface area contributed by atoms with E-state index in [9.17, 15) is 9.90 Å². The van der Waals surface area contributed by atoms with E-state index in [1.807, 2.05) is 11.5 Å². The third kappa shape index (κ3) is 3.80. The Morgan fingerprint density at radius 3 is 2.93 bits per heavy atom. The highest BCUT2D eigenvalue weighted by Gasteiger charge is 1.98. The lowest BCUT2D eigenvalue weighted by molar-refractivity contribution is 0.233. The summed E-state index contributed by atoms with van der Waals surface area (Å²) in [6, 6.07) is 6.58. The summed E-state index contributed by atoms with van der Waals surface area (Å²) in [7, 11) is 0. The summed E-state index contributed by atoms with van der Waals surface area (Å²) < 4.78 is 0. The molecule has 0 bridgehead atoms. The lowest BCUT2D eigenvalue weighted by Gasteiger charge is -2.04. The molecule has 0 unspecified atom stereocenters. The van der Waals surface area contributed by atoms with Crippen LogP contribution in [0.1, 0.15) is 5.56 Å². The number of hydrazine groups is 1. The zero-order chi connectivity index (χ0) is 11.1. The summed E-state index contributed by atoms with van der Waals surface area (Å²) in [6.07, 6.45) is 3.20. The highest BCUT2D eigenvalue weighted by molar-refractivity contribution is 5.89. The molecule has 0 aromatic heterocycles. The van der Waals surface area contributed by atoms with Gasteiger partial charge in [0.1, 0.15) is 6.61 Å². The molecule has 0 saturated carbocycles. The number of nitrogens with one attached hydrogen (secondary N) is 2. The van der Waals surface area contributed by atoms with Crippen molar-refractivity contribution < 1.29 is 9.90 Å². The Morgan fingerprint density at radius 1 is 1.47 bits per heavy atom. The maximum absolute atomic E-state index is 10.9. The molecule has 15 heavy (non-hydrogen) atoms. The molecule has 1 rings (SSSR count). The molecule has 2 amide bonds. The molecule has 0 saturated heterocycles. The summed E-state index contributed by atoms with van der Waals surface area (Å²) >= 11 is 0. The Hall–Kier alpha value is -1.85. The fraction of sp³-hybridized carbons (Fsp3) is 0.100. The van der Waals surface area contributed by atoms with Gasteiger partial charge >= 0.3 is 6.03 Å². The van der Waals surface area contributed by atoms with Gasteiger partial charge in [-0.1, -0.05) is 24.3 Å². The van der Waals surface area contributed by atoms with Gasteiger partial charge in [-0.05, 0) is 17.7 Å². The topological polar surface area (TPSA) is 87.0 Å². The van der Waals surface area contributed by atoms with Crippen molar-refractivity contribution in [1.82, 2.24) is 5.43 Å². The van der Waals surface area contributed by atoms with E-state index in [0.29, 0.717) is 5.69 Å². The van der Waals surface area contributed by atoms with Gasteiger partial charge in [0.15, 0.2) is 0 Å². The Labute approximate surface area is 87.6 Å². The Bertz CT molecular complexity index is 363. The second-order valence-electron chi connectivity index (χ2n) is 2.79. The molecule has 1 aromatic carbocycles. The molecule has 0 heterocycles. The van der Waals surface area contributed by atoms with Crippen molar-refractivity contribution in [1.29, 1.82) is 0 Å². The smallest absolute Gasteiger partial charge is 0.307 e. The van der Waals surface area contributed by atoms with Crippen molar-refractivity contribution >= 4 is 17.8 Å². The van der Waals surface area contributed by atoms with Gasteiger partial charge in [0.2, 0.25) is 0 Å². The van der Waals surface area contributed by atoms with Gasteiger partial charge in [-0.25, -0.2) is 15.7 Å². The first-order valence-electron chi connectivity index (χ1n) is 4.38. The highest BCUT2D eigenvalue weighted by atomic mass is 16.2. The van der Waals surface area contributed by atoms with Crippen LogP contribution in [0.15, 0.2) is 30.3 Å². The molecule has 0 spiro atoms. The molecule has 4 N–H and O–H groups in total. The molecule has 1 radical (unpaired) electrons. The molecular formula is C10H12N3O2. The number of nitrogens with two attached hydrogens (primary N) is 1. The lowest BCUT2D eigenvalue weighted by atomic mass is 10.2. The maximum atomic E-state index is 10.9. The molecule has 0 aliphatic heterocycles. The highest BCUT2D eigenvalue weighted by Crippen LogP contribution is 2.11. The molecule has 1 aromatic rings. The third-order valence-corrected chi connectivity index (χ3v) is 1.68. The molecule has 5 heteroatoms. The minimum Gasteiger partial charge on any atom is -0.307 e. The van der Waals surface area contributed by atoms with Gasteiger partial charge in [-0.15, -0.1) is 0 Å². The van der Waals surface area contributed by atoms with E-state index >= 15 is 0 Å². The van der Waals surface area contributed by atoms with Crippen LogP contribution in [-0.2, 0) is 5.11 Å². The van der Waals surface area contributed by atoms with Crippen LogP contribution < -0.4 is 16.6 Å². The van der Waals surface area contributed by atoms with Crippen molar-refractivity contribution in [3.8, 4) is 0 Å². The second kappa shape index (κ2) is 5.79. The number of amides is 2. The van der Waals surface area contributed by atoms with E-state index in [4.69, 9.17) is 5.84 Å². The van der Waals surface area contributed by atoms with E-state index < -0.39 is 6.03 Å². The summed E-state index contributed by atoms with van der Waals surface area (Å²) in [6.45, 7) is -0.263. The van der Waals surface area contributed by atoms with Gasteiger partial charge < -0.3 is 5.32 Å². The summed E-state index contributed by atoms with van der Waals surface area (Å²) in [4.78, 5) is 10.9. The first kappa shape index (κ1) is 11.2. The zero-order valence-corrected chi connectivity index (χ0v) is 8.07. The first-order valence-corrected chi connectivity index (χ1v) is 4.38. The fourth-order valence-electron chi connectivity index (χ4n) is 1.07. The summed E-state index contributed by atoms with van der Waals surface area (Å²) in [5.41, 5.74) is 3.42. The number of rotatable bonds is 3. The van der Waals surface area contributed by atoms with Crippen molar-refractivity contribution in [3.63, 3.8) is 0 Å². The second-order valence-corrected chi connectivity index (χ2v) is 2.79. The third-order valence-electron chi connectivity index (χ3n) is 1.68. The average molecular weight is 206 g/mol. The monoisotopic (exact) mass is 206 g/mol. The van der Waals surface area contributed by atoms with Crippen LogP contribution in [0, 0.1) is 0 Å². The van der Waals surface area contributed by atoms with Crippen LogP contribution in [0.4, 0.5) is 10.5 Å². The molecule has 0 atom stereocenters. The van der Waals surface area contributed by atoms with Crippen molar-refractivity contribution in [2.75, 3.05) is 11.9 Å². The molecule has 0 aliphatic rings. The number of benzene rings is 1. The van der Waals surface area contributed by atoms with Gasteiger partial charge in [-0.2, -0.15) is 0 Å². The summed E-state index contributed by atoms with van der Waals surface area (Å²) in [5.74, 6) is 4.92. The number of carbonyl (C=O) groups is 1. The molecule has 5 nitrogen and oxygen atoms in total. The number of hydrogen-bond donors (Lipinski definition) is 3.